The second kappa shape index (κ2) is 6.25. The SMILES string of the molecule is CCCNC(CN1CCCC2CCCC21)(C(N)=O)C1CC1. The number of nitrogens with two attached hydrogens (primary N) is 1. The van der Waals surface area contributed by atoms with Gasteiger partial charge in [-0.2, -0.15) is 0 Å². The molecule has 21 heavy (non-hydrogen) atoms. The molecule has 3 N–H and O–H groups in total. The number of carbonyl (C=O) groups is 1. The Morgan fingerprint density at radius 1 is 1.24 bits per heavy atom. The fourth-order valence-electron chi connectivity index (χ4n) is 4.69. The molecule has 0 bridgehead atoms. The molecule has 2 saturated carbocycles. The van der Waals surface area contributed by atoms with E-state index in [9.17, 15) is 4.79 Å². The van der Waals surface area contributed by atoms with Crippen molar-refractivity contribution in [2.24, 2.45) is 17.6 Å². The van der Waals surface area contributed by atoms with E-state index in [1.165, 1.54) is 32.1 Å². The van der Waals surface area contributed by atoms with Gasteiger partial charge in [-0.1, -0.05) is 13.3 Å². The Bertz CT molecular complexity index is 382. The number of nitrogens with zero attached hydrogens (tertiary/aromatic N) is 1. The lowest BCUT2D eigenvalue weighted by Crippen LogP contribution is -2.65. The first-order valence-electron chi connectivity index (χ1n) is 8.96. The highest BCUT2D eigenvalue weighted by Gasteiger charge is 2.51. The highest BCUT2D eigenvalue weighted by Crippen LogP contribution is 2.43. The van der Waals surface area contributed by atoms with Crippen LogP contribution in [0.5, 0.6) is 0 Å². The molecular formula is C17H31N3O. The molecule has 3 atom stereocenters. The number of piperidine rings is 1. The molecule has 0 aromatic rings. The zero-order valence-electron chi connectivity index (χ0n) is 13.4. The second-order valence-corrected chi connectivity index (χ2v) is 7.41. The highest BCUT2D eigenvalue weighted by molar-refractivity contribution is 5.86. The maximum Gasteiger partial charge on any atom is 0.239 e. The van der Waals surface area contributed by atoms with Crippen LogP contribution in [-0.4, -0.2) is 42.0 Å². The monoisotopic (exact) mass is 293 g/mol. The summed E-state index contributed by atoms with van der Waals surface area (Å²) in [6.07, 6.45) is 10.1. The van der Waals surface area contributed by atoms with Crippen molar-refractivity contribution in [3.8, 4) is 0 Å². The van der Waals surface area contributed by atoms with E-state index >= 15 is 0 Å². The lowest BCUT2D eigenvalue weighted by atomic mass is 9.86. The van der Waals surface area contributed by atoms with Gasteiger partial charge in [0.15, 0.2) is 0 Å². The van der Waals surface area contributed by atoms with E-state index in [2.05, 4.69) is 17.1 Å². The molecule has 1 saturated heterocycles. The number of likely N-dealkylation sites (tertiary alicyclic amines) is 1. The first-order valence-corrected chi connectivity index (χ1v) is 8.96. The van der Waals surface area contributed by atoms with Gasteiger partial charge in [0, 0.05) is 12.6 Å². The average Bonchev–Trinajstić information content (AvgIpc) is 3.21. The molecule has 3 fully saturated rings. The molecule has 1 heterocycles. The van der Waals surface area contributed by atoms with E-state index in [0.717, 1.165) is 44.8 Å². The first-order chi connectivity index (χ1) is 10.2. The predicted octanol–water partition coefficient (Wildman–Crippen LogP) is 1.88. The summed E-state index contributed by atoms with van der Waals surface area (Å²) in [5, 5.41) is 3.56. The zero-order chi connectivity index (χ0) is 14.9. The summed E-state index contributed by atoms with van der Waals surface area (Å²) in [4.78, 5) is 14.9. The van der Waals surface area contributed by atoms with Crippen LogP contribution >= 0.6 is 0 Å². The van der Waals surface area contributed by atoms with Gasteiger partial charge >= 0.3 is 0 Å². The molecule has 2 aliphatic carbocycles. The second-order valence-electron chi connectivity index (χ2n) is 7.41. The standard InChI is InChI=1S/C17H31N3O/c1-2-10-19-17(16(18)21,14-8-9-14)12-20-11-4-6-13-5-3-7-15(13)20/h13-15,19H,2-12H2,1H3,(H2,18,21). The fraction of sp³-hybridized carbons (Fsp3) is 0.941. The van der Waals surface area contributed by atoms with Gasteiger partial charge in [0.1, 0.15) is 5.54 Å². The van der Waals surface area contributed by atoms with Crippen molar-refractivity contribution in [3.63, 3.8) is 0 Å². The number of rotatable bonds is 7. The Balaban J connectivity index is 1.75. The number of amides is 1. The number of carbonyl (C=O) groups excluding carboxylic acids is 1. The summed E-state index contributed by atoms with van der Waals surface area (Å²) in [6, 6.07) is 0.708. The minimum absolute atomic E-state index is 0.126. The van der Waals surface area contributed by atoms with Crippen LogP contribution in [0.1, 0.15) is 58.3 Å². The number of nitrogens with one attached hydrogen (secondary N) is 1. The van der Waals surface area contributed by atoms with Gasteiger partial charge in [0.25, 0.3) is 0 Å². The molecule has 0 radical (unpaired) electrons. The summed E-state index contributed by atoms with van der Waals surface area (Å²) >= 11 is 0. The van der Waals surface area contributed by atoms with Gasteiger partial charge in [-0.3, -0.25) is 9.69 Å². The summed E-state index contributed by atoms with van der Waals surface area (Å²) in [5.41, 5.74) is 5.41. The zero-order valence-corrected chi connectivity index (χ0v) is 13.4. The van der Waals surface area contributed by atoms with Crippen molar-refractivity contribution in [2.75, 3.05) is 19.6 Å². The number of hydrogen-bond acceptors (Lipinski definition) is 3. The van der Waals surface area contributed by atoms with Crippen molar-refractivity contribution < 1.29 is 4.79 Å². The minimum Gasteiger partial charge on any atom is -0.368 e. The van der Waals surface area contributed by atoms with E-state index in [1.54, 1.807) is 0 Å². The summed E-state index contributed by atoms with van der Waals surface area (Å²) in [6.45, 7) is 5.03. The quantitative estimate of drug-likeness (QED) is 0.753. The van der Waals surface area contributed by atoms with Crippen LogP contribution in [0.4, 0.5) is 0 Å². The topological polar surface area (TPSA) is 58.4 Å². The number of fused-ring (bicyclic) bond motifs is 1. The third-order valence-electron chi connectivity index (χ3n) is 5.97. The number of hydrogen-bond donors (Lipinski definition) is 2. The fourth-order valence-corrected chi connectivity index (χ4v) is 4.69. The van der Waals surface area contributed by atoms with E-state index in [0.29, 0.717) is 12.0 Å². The maximum absolute atomic E-state index is 12.3. The molecular weight excluding hydrogens is 262 g/mol. The smallest absolute Gasteiger partial charge is 0.239 e. The van der Waals surface area contributed by atoms with Crippen molar-refractivity contribution in [3.05, 3.63) is 0 Å². The Morgan fingerprint density at radius 2 is 2.00 bits per heavy atom. The van der Waals surface area contributed by atoms with Gasteiger partial charge in [-0.25, -0.2) is 0 Å². The summed E-state index contributed by atoms with van der Waals surface area (Å²) in [7, 11) is 0. The Labute approximate surface area is 128 Å². The largest absolute Gasteiger partial charge is 0.368 e. The average molecular weight is 293 g/mol. The third kappa shape index (κ3) is 2.98. The van der Waals surface area contributed by atoms with Crippen LogP contribution in [-0.2, 0) is 4.79 Å². The maximum atomic E-state index is 12.3. The van der Waals surface area contributed by atoms with Gasteiger partial charge in [-0.15, -0.1) is 0 Å². The van der Waals surface area contributed by atoms with Crippen molar-refractivity contribution in [1.29, 1.82) is 0 Å². The minimum atomic E-state index is -0.472. The normalized spacial score (nSPS) is 32.6. The van der Waals surface area contributed by atoms with Crippen LogP contribution in [0, 0.1) is 11.8 Å². The summed E-state index contributed by atoms with van der Waals surface area (Å²) < 4.78 is 0. The molecule has 3 unspecified atom stereocenters. The molecule has 4 heteroatoms. The van der Waals surface area contributed by atoms with Crippen LogP contribution in [0.3, 0.4) is 0 Å². The molecule has 0 spiro atoms. The Morgan fingerprint density at radius 3 is 2.67 bits per heavy atom. The third-order valence-corrected chi connectivity index (χ3v) is 5.97. The lowest BCUT2D eigenvalue weighted by Gasteiger charge is -2.44. The molecule has 3 rings (SSSR count). The Kier molecular flexibility index (Phi) is 4.55. The van der Waals surface area contributed by atoms with Gasteiger partial charge in [0.05, 0.1) is 0 Å². The Hall–Kier alpha value is -0.610. The first kappa shape index (κ1) is 15.3. The molecule has 3 aliphatic rings. The van der Waals surface area contributed by atoms with E-state index in [1.807, 2.05) is 0 Å². The van der Waals surface area contributed by atoms with Gasteiger partial charge in [-0.05, 0) is 69.9 Å². The molecule has 1 amide bonds. The lowest BCUT2D eigenvalue weighted by molar-refractivity contribution is -0.127. The highest BCUT2D eigenvalue weighted by atomic mass is 16.1. The van der Waals surface area contributed by atoms with E-state index < -0.39 is 5.54 Å². The molecule has 1 aliphatic heterocycles. The van der Waals surface area contributed by atoms with Gasteiger partial charge < -0.3 is 11.1 Å². The molecule has 120 valence electrons. The molecule has 0 aromatic carbocycles. The van der Waals surface area contributed by atoms with Crippen LogP contribution in [0.15, 0.2) is 0 Å². The van der Waals surface area contributed by atoms with Crippen molar-refractivity contribution in [2.45, 2.75) is 69.9 Å². The van der Waals surface area contributed by atoms with Crippen LogP contribution < -0.4 is 11.1 Å². The summed E-state index contributed by atoms with van der Waals surface area (Å²) in [5.74, 6) is 1.21. The van der Waals surface area contributed by atoms with Crippen molar-refractivity contribution in [1.82, 2.24) is 10.2 Å². The van der Waals surface area contributed by atoms with E-state index in [4.69, 9.17) is 5.73 Å². The number of primary amides is 1. The molecule has 4 nitrogen and oxygen atoms in total. The van der Waals surface area contributed by atoms with Crippen molar-refractivity contribution >= 4 is 5.91 Å². The van der Waals surface area contributed by atoms with Crippen LogP contribution in [0.25, 0.3) is 0 Å². The van der Waals surface area contributed by atoms with E-state index in [-0.39, 0.29) is 5.91 Å². The predicted molar refractivity (Wildman–Crippen MR) is 84.9 cm³/mol. The van der Waals surface area contributed by atoms with Crippen LogP contribution in [0.2, 0.25) is 0 Å². The molecule has 0 aromatic heterocycles. The van der Waals surface area contributed by atoms with Gasteiger partial charge in [0.2, 0.25) is 5.91 Å².